The van der Waals surface area contributed by atoms with Gasteiger partial charge < -0.3 is 20.1 Å². The number of allylic oxidation sites excluding steroid dienone is 3. The first-order valence-electron chi connectivity index (χ1n) is 4.93. The van der Waals surface area contributed by atoms with Crippen molar-refractivity contribution < 1.29 is 22.6 Å². The van der Waals surface area contributed by atoms with Gasteiger partial charge in [0.1, 0.15) is 0 Å². The number of rotatable bonds is 4. The Morgan fingerprint density at radius 2 is 2.28 bits per heavy atom. The standard InChI is InChI=1S/C6H4N5O.C5H5.Zn/c12-3-10-6-7-1-4-5(11-6)9-2-8-4;1-3-5-4-2;/h1-2H,(H2,7,8,9,10,11,12);1-5H;/q2*-1;/b;5-3-;. The molecule has 0 saturated heterocycles. The first-order chi connectivity index (χ1) is 8.81. The topological polar surface area (TPSA) is 83.6 Å². The summed E-state index contributed by atoms with van der Waals surface area (Å²) < 4.78 is 2.04. The number of aromatic nitrogens is 4. The fraction of sp³-hybridized carbons (Fsp3) is 0. The summed E-state index contributed by atoms with van der Waals surface area (Å²) in [5, 5.41) is 2.21. The molecule has 0 fully saturated rings. The zero-order valence-corrected chi connectivity index (χ0v) is 12.5. The van der Waals surface area contributed by atoms with Crippen LogP contribution in [0.15, 0.2) is 30.8 Å². The molecule has 0 aliphatic heterocycles. The van der Waals surface area contributed by atoms with E-state index >= 15 is 0 Å². The Morgan fingerprint density at radius 3 is 2.89 bits per heavy atom. The quantitative estimate of drug-likeness (QED) is 0.376. The summed E-state index contributed by atoms with van der Waals surface area (Å²) >= 11 is 1.20. The van der Waals surface area contributed by atoms with E-state index < -0.39 is 0 Å². The molecule has 0 unspecified atom stereocenters. The third-order valence-electron chi connectivity index (χ3n) is 1.70. The maximum atomic E-state index is 9.90. The zero-order valence-electron chi connectivity index (χ0n) is 9.50. The van der Waals surface area contributed by atoms with Gasteiger partial charge in [0.05, 0.1) is 24.2 Å². The van der Waals surface area contributed by atoms with Crippen molar-refractivity contribution in [2.75, 3.05) is 5.32 Å². The number of nitrogens with one attached hydrogen (secondary N) is 2. The number of hydrogen-bond acceptors (Lipinski definition) is 4. The molecule has 2 aromatic heterocycles. The SMILES string of the molecule is O=[C-]Nc1ncc2[nH]cnc2n1.[CH-]=C/C=C\[CH]=[Zn]. The van der Waals surface area contributed by atoms with Crippen LogP contribution in [0.3, 0.4) is 0 Å². The van der Waals surface area contributed by atoms with Crippen molar-refractivity contribution >= 4 is 28.1 Å². The van der Waals surface area contributed by atoms with Crippen LogP contribution in [0.4, 0.5) is 5.95 Å². The number of amides is 1. The van der Waals surface area contributed by atoms with Crippen LogP contribution < -0.4 is 5.32 Å². The van der Waals surface area contributed by atoms with E-state index in [-0.39, 0.29) is 5.95 Å². The van der Waals surface area contributed by atoms with Crippen LogP contribution in [-0.2, 0) is 22.6 Å². The number of anilines is 1. The van der Waals surface area contributed by atoms with Crippen molar-refractivity contribution in [2.45, 2.75) is 0 Å². The number of imidazole rings is 1. The molecule has 18 heavy (non-hydrogen) atoms. The molecule has 2 aromatic rings. The summed E-state index contributed by atoms with van der Waals surface area (Å²) in [6, 6.07) is 0. The summed E-state index contributed by atoms with van der Waals surface area (Å²) in [6.45, 7) is 5.00. The van der Waals surface area contributed by atoms with Crippen LogP contribution in [0.25, 0.3) is 11.2 Å². The van der Waals surface area contributed by atoms with E-state index in [9.17, 15) is 4.79 Å². The molecule has 0 atom stereocenters. The zero-order chi connectivity index (χ0) is 13.2. The Balaban J connectivity index is 0.000000232. The molecule has 0 bridgehead atoms. The van der Waals surface area contributed by atoms with Crippen molar-refractivity contribution in [2.24, 2.45) is 0 Å². The predicted octanol–water partition coefficient (Wildman–Crippen LogP) is 0.713. The normalized spacial score (nSPS) is 9.67. The third-order valence-corrected chi connectivity index (χ3v) is 2.27. The van der Waals surface area contributed by atoms with Crippen LogP contribution >= 0.6 is 0 Å². The van der Waals surface area contributed by atoms with Crippen LogP contribution in [-0.4, -0.2) is 31.0 Å². The fourth-order valence-corrected chi connectivity index (χ4v) is 1.31. The average molecular weight is 293 g/mol. The second kappa shape index (κ2) is 8.14. The Bertz CT molecular complexity index is 553. The minimum absolute atomic E-state index is 0.199. The van der Waals surface area contributed by atoms with E-state index in [0.717, 1.165) is 5.52 Å². The monoisotopic (exact) mass is 291 g/mol. The second-order valence-electron chi connectivity index (χ2n) is 2.87. The number of H-pyrrole nitrogens is 1. The van der Waals surface area contributed by atoms with Crippen molar-refractivity contribution in [3.05, 3.63) is 37.3 Å². The van der Waals surface area contributed by atoms with Gasteiger partial charge >= 0.3 is 47.3 Å². The molecular formula is C11H9N5OZn-2. The van der Waals surface area contributed by atoms with Crippen molar-refractivity contribution in [3.63, 3.8) is 0 Å². The van der Waals surface area contributed by atoms with Crippen molar-refractivity contribution in [1.82, 2.24) is 19.9 Å². The maximum absolute atomic E-state index is 9.90. The van der Waals surface area contributed by atoms with E-state index in [1.807, 2.05) is 16.8 Å². The van der Waals surface area contributed by atoms with Gasteiger partial charge in [-0.3, -0.25) is 4.98 Å². The van der Waals surface area contributed by atoms with Crippen molar-refractivity contribution in [3.8, 4) is 0 Å². The van der Waals surface area contributed by atoms with Crippen molar-refractivity contribution in [1.29, 1.82) is 0 Å². The first-order valence-corrected chi connectivity index (χ1v) is 6.65. The molecule has 0 aliphatic carbocycles. The van der Waals surface area contributed by atoms with E-state index in [1.54, 1.807) is 0 Å². The van der Waals surface area contributed by atoms with Gasteiger partial charge in [0, 0.05) is 6.20 Å². The molecule has 2 heterocycles. The average Bonchev–Trinajstić information content (AvgIpc) is 2.85. The summed E-state index contributed by atoms with van der Waals surface area (Å²) in [5.74, 6) is 0.199. The number of aromatic amines is 1. The van der Waals surface area contributed by atoms with Gasteiger partial charge in [0.2, 0.25) is 0 Å². The first kappa shape index (κ1) is 14.1. The number of nitrogens with zero attached hydrogens (tertiary/aromatic N) is 3. The Kier molecular flexibility index (Phi) is 6.36. The molecule has 0 saturated carbocycles. The summed E-state index contributed by atoms with van der Waals surface area (Å²) in [4.78, 5) is 24.3. The molecule has 2 N–H and O–H groups in total. The van der Waals surface area contributed by atoms with Gasteiger partial charge in [-0.25, -0.2) is 4.98 Å². The third kappa shape index (κ3) is 4.47. The van der Waals surface area contributed by atoms with Gasteiger partial charge in [0.25, 0.3) is 0 Å². The van der Waals surface area contributed by atoms with Crippen LogP contribution in [0.1, 0.15) is 0 Å². The van der Waals surface area contributed by atoms with Gasteiger partial charge in [-0.05, 0) is 0 Å². The fourth-order valence-electron chi connectivity index (χ4n) is 0.985. The van der Waals surface area contributed by atoms with E-state index in [4.69, 9.17) is 6.58 Å². The summed E-state index contributed by atoms with van der Waals surface area (Å²) in [5.41, 5.74) is 1.24. The van der Waals surface area contributed by atoms with Gasteiger partial charge in [-0.15, -0.1) is 0 Å². The van der Waals surface area contributed by atoms with Gasteiger partial charge in [0.15, 0.2) is 5.65 Å². The molecule has 7 heteroatoms. The molecular weight excluding hydrogens is 284 g/mol. The minimum atomic E-state index is 0.199. The number of carbonyl (C=O) groups excluding carboxylic acids is 1. The molecule has 1 amide bonds. The summed E-state index contributed by atoms with van der Waals surface area (Å²) in [6.07, 6.45) is 9.78. The predicted molar refractivity (Wildman–Crippen MR) is 65.1 cm³/mol. The van der Waals surface area contributed by atoms with E-state index in [0.29, 0.717) is 5.65 Å². The van der Waals surface area contributed by atoms with Crippen LogP contribution in [0.2, 0.25) is 0 Å². The number of fused-ring (bicyclic) bond motifs is 1. The molecule has 0 aliphatic rings. The Labute approximate surface area is 113 Å². The molecule has 0 spiro atoms. The van der Waals surface area contributed by atoms with E-state index in [1.165, 1.54) is 42.9 Å². The molecule has 2 rings (SSSR count). The number of hydrogen-bond donors (Lipinski definition) is 2. The van der Waals surface area contributed by atoms with Crippen LogP contribution in [0.5, 0.6) is 0 Å². The second-order valence-corrected chi connectivity index (χ2v) is 3.86. The van der Waals surface area contributed by atoms with Gasteiger partial charge in [-0.1, -0.05) is 0 Å². The molecule has 0 radical (unpaired) electrons. The molecule has 0 aromatic carbocycles. The Morgan fingerprint density at radius 1 is 1.44 bits per heavy atom. The molecule has 88 valence electrons. The summed E-state index contributed by atoms with van der Waals surface area (Å²) in [7, 11) is 0. The van der Waals surface area contributed by atoms with Gasteiger partial charge in [-0.2, -0.15) is 0 Å². The molecule has 6 nitrogen and oxygen atoms in total. The van der Waals surface area contributed by atoms with E-state index in [2.05, 4.69) is 25.3 Å². The van der Waals surface area contributed by atoms with Crippen LogP contribution in [0, 0.1) is 6.58 Å². The Hall–Kier alpha value is -2.01.